The summed E-state index contributed by atoms with van der Waals surface area (Å²) in [6, 6.07) is 13.5. The summed E-state index contributed by atoms with van der Waals surface area (Å²) < 4.78 is 27.1. The minimum atomic E-state index is -1.12. The number of carbonyl (C=O) groups excluding carboxylic acids is 2. The number of aryl methyl sites for hydroxylation is 2. The van der Waals surface area contributed by atoms with E-state index >= 15 is 0 Å². The van der Waals surface area contributed by atoms with Gasteiger partial charge in [0.2, 0.25) is 0 Å². The summed E-state index contributed by atoms with van der Waals surface area (Å²) in [6.07, 6.45) is 0. The Kier molecular flexibility index (Phi) is 5.47. The van der Waals surface area contributed by atoms with Gasteiger partial charge in [-0.25, -0.2) is 13.7 Å². The summed E-state index contributed by atoms with van der Waals surface area (Å²) in [5.74, 6) is -3.52. The number of anilines is 2. The zero-order valence-electron chi connectivity index (χ0n) is 17.6. The molecule has 1 heterocycles. The van der Waals surface area contributed by atoms with Gasteiger partial charge in [0.1, 0.15) is 5.70 Å². The molecule has 0 saturated heterocycles. The van der Waals surface area contributed by atoms with Crippen molar-refractivity contribution >= 4 is 34.4 Å². The molecule has 0 atom stereocenters. The molecule has 1 aliphatic rings. The Morgan fingerprint density at radius 1 is 0.879 bits per heavy atom. The normalized spacial score (nSPS) is 13.6. The van der Waals surface area contributed by atoms with Crippen molar-refractivity contribution < 1.29 is 23.3 Å². The van der Waals surface area contributed by atoms with E-state index in [-0.39, 0.29) is 28.2 Å². The molecule has 3 aromatic carbocycles. The zero-order chi connectivity index (χ0) is 23.9. The fourth-order valence-corrected chi connectivity index (χ4v) is 3.56. The predicted molar refractivity (Wildman–Crippen MR) is 118 cm³/mol. The van der Waals surface area contributed by atoms with E-state index in [9.17, 15) is 28.5 Å². The number of benzene rings is 3. The third-order valence-corrected chi connectivity index (χ3v) is 5.25. The number of nitro groups is 1. The fourth-order valence-electron chi connectivity index (χ4n) is 3.56. The van der Waals surface area contributed by atoms with E-state index in [0.717, 1.165) is 22.6 Å². The Labute approximate surface area is 187 Å². The molecule has 0 aliphatic carbocycles. The number of imide groups is 1. The summed E-state index contributed by atoms with van der Waals surface area (Å²) in [7, 11) is 0. The number of halogens is 2. The van der Waals surface area contributed by atoms with Crippen LogP contribution in [0.1, 0.15) is 16.7 Å². The molecular formula is C24H17F2N3O4. The second-order valence-corrected chi connectivity index (χ2v) is 7.54. The molecule has 0 fully saturated rings. The lowest BCUT2D eigenvalue weighted by Gasteiger charge is -2.18. The highest BCUT2D eigenvalue weighted by atomic mass is 19.2. The molecule has 3 aromatic rings. The molecule has 0 radical (unpaired) electrons. The number of non-ortho nitro benzene ring substituents is 1. The van der Waals surface area contributed by atoms with Crippen molar-refractivity contribution in [2.75, 3.05) is 10.2 Å². The molecular weight excluding hydrogens is 432 g/mol. The minimum absolute atomic E-state index is 0.0412. The number of carbonyl (C=O) groups is 2. The first-order valence-corrected chi connectivity index (χ1v) is 9.84. The van der Waals surface area contributed by atoms with E-state index in [2.05, 4.69) is 5.32 Å². The average Bonchev–Trinajstić information content (AvgIpc) is 3.02. The largest absolute Gasteiger partial charge is 0.350 e. The molecule has 0 aromatic heterocycles. The quantitative estimate of drug-likeness (QED) is 0.340. The van der Waals surface area contributed by atoms with Gasteiger partial charge in [-0.2, -0.15) is 0 Å². The van der Waals surface area contributed by atoms with E-state index in [1.807, 2.05) is 13.0 Å². The summed E-state index contributed by atoms with van der Waals surface area (Å²) in [4.78, 5) is 38.3. The van der Waals surface area contributed by atoms with Gasteiger partial charge in [-0.3, -0.25) is 19.7 Å². The molecule has 2 amide bonds. The van der Waals surface area contributed by atoms with Gasteiger partial charge in [-0.1, -0.05) is 12.1 Å². The van der Waals surface area contributed by atoms with Crippen molar-refractivity contribution in [2.24, 2.45) is 0 Å². The summed E-state index contributed by atoms with van der Waals surface area (Å²) in [5, 5.41) is 13.7. The van der Waals surface area contributed by atoms with Crippen LogP contribution >= 0.6 is 0 Å². The van der Waals surface area contributed by atoms with E-state index in [0.29, 0.717) is 11.3 Å². The highest BCUT2D eigenvalue weighted by molar-refractivity contribution is 6.46. The molecule has 0 spiro atoms. The van der Waals surface area contributed by atoms with E-state index in [1.54, 1.807) is 19.1 Å². The maximum absolute atomic E-state index is 13.7. The van der Waals surface area contributed by atoms with Crippen LogP contribution in [0.15, 0.2) is 66.4 Å². The highest BCUT2D eigenvalue weighted by Crippen LogP contribution is 2.36. The highest BCUT2D eigenvalue weighted by Gasteiger charge is 2.41. The van der Waals surface area contributed by atoms with Crippen molar-refractivity contribution in [3.05, 3.63) is 105 Å². The van der Waals surface area contributed by atoms with Crippen LogP contribution in [0.4, 0.5) is 25.8 Å². The van der Waals surface area contributed by atoms with Crippen molar-refractivity contribution in [3.63, 3.8) is 0 Å². The number of nitrogens with one attached hydrogen (secondary N) is 1. The number of nitro benzene ring substituents is 1. The first-order chi connectivity index (χ1) is 15.7. The first-order valence-electron chi connectivity index (χ1n) is 9.84. The molecule has 33 heavy (non-hydrogen) atoms. The molecule has 4 rings (SSSR count). The van der Waals surface area contributed by atoms with Crippen LogP contribution in [0.25, 0.3) is 5.57 Å². The van der Waals surface area contributed by atoms with Gasteiger partial charge >= 0.3 is 0 Å². The van der Waals surface area contributed by atoms with E-state index < -0.39 is 28.4 Å². The topological polar surface area (TPSA) is 92.6 Å². The van der Waals surface area contributed by atoms with E-state index in [1.165, 1.54) is 30.3 Å². The van der Waals surface area contributed by atoms with Crippen LogP contribution in [-0.2, 0) is 9.59 Å². The number of hydrogen-bond donors (Lipinski definition) is 1. The summed E-state index contributed by atoms with van der Waals surface area (Å²) in [6.45, 7) is 3.57. The minimum Gasteiger partial charge on any atom is -0.350 e. The molecule has 0 bridgehead atoms. The lowest BCUT2D eigenvalue weighted by Crippen LogP contribution is -2.33. The number of hydrogen-bond acceptors (Lipinski definition) is 5. The number of rotatable bonds is 5. The second kappa shape index (κ2) is 8.27. The van der Waals surface area contributed by atoms with Crippen LogP contribution < -0.4 is 10.2 Å². The Morgan fingerprint density at radius 3 is 2.21 bits per heavy atom. The SMILES string of the molecule is Cc1ccc(C)c(N2C(=O)C(Nc3ccc(F)c(F)c3)=C(c3ccc([N+](=O)[O-])cc3)C2=O)c1. The standard InChI is InChI=1S/C24H17F2N3O4/c1-13-3-4-14(2)20(11-13)28-23(30)21(15-5-8-17(9-6-15)29(32)33)22(24(28)31)27-16-7-10-18(25)19(26)12-16/h3-12,27H,1-2H3. The molecule has 7 nitrogen and oxygen atoms in total. The predicted octanol–water partition coefficient (Wildman–Crippen LogP) is 4.89. The molecule has 1 aliphatic heterocycles. The lowest BCUT2D eigenvalue weighted by atomic mass is 10.0. The van der Waals surface area contributed by atoms with Crippen LogP contribution in [0.2, 0.25) is 0 Å². The molecule has 9 heteroatoms. The third-order valence-electron chi connectivity index (χ3n) is 5.25. The number of nitrogens with zero attached hydrogens (tertiary/aromatic N) is 2. The van der Waals surface area contributed by atoms with Gasteiger partial charge in [0.05, 0.1) is 16.2 Å². The molecule has 1 N–H and O–H groups in total. The molecule has 0 unspecified atom stereocenters. The summed E-state index contributed by atoms with van der Waals surface area (Å²) in [5.41, 5.74) is 1.84. The monoisotopic (exact) mass is 449 g/mol. The number of amides is 2. The van der Waals surface area contributed by atoms with E-state index in [4.69, 9.17) is 0 Å². The third kappa shape index (κ3) is 3.96. The maximum Gasteiger partial charge on any atom is 0.282 e. The second-order valence-electron chi connectivity index (χ2n) is 7.54. The Bertz CT molecular complexity index is 1350. The lowest BCUT2D eigenvalue weighted by molar-refractivity contribution is -0.384. The Morgan fingerprint density at radius 2 is 1.58 bits per heavy atom. The average molecular weight is 449 g/mol. The zero-order valence-corrected chi connectivity index (χ0v) is 17.6. The van der Waals surface area contributed by atoms with Gasteiger partial charge in [-0.15, -0.1) is 0 Å². The molecule has 166 valence electrons. The van der Waals surface area contributed by atoms with Crippen LogP contribution in [0, 0.1) is 35.6 Å². The van der Waals surface area contributed by atoms with Crippen molar-refractivity contribution in [3.8, 4) is 0 Å². The van der Waals surface area contributed by atoms with Crippen LogP contribution in [-0.4, -0.2) is 16.7 Å². The summed E-state index contributed by atoms with van der Waals surface area (Å²) >= 11 is 0. The van der Waals surface area contributed by atoms with Crippen LogP contribution in [0.5, 0.6) is 0 Å². The maximum atomic E-state index is 13.7. The van der Waals surface area contributed by atoms with Crippen molar-refractivity contribution in [1.29, 1.82) is 0 Å². The van der Waals surface area contributed by atoms with Crippen LogP contribution in [0.3, 0.4) is 0 Å². The van der Waals surface area contributed by atoms with Gasteiger partial charge in [0.25, 0.3) is 17.5 Å². The Balaban J connectivity index is 1.85. The van der Waals surface area contributed by atoms with Crippen molar-refractivity contribution in [1.82, 2.24) is 0 Å². The molecule has 0 saturated carbocycles. The van der Waals surface area contributed by atoms with Gasteiger partial charge in [-0.05, 0) is 60.9 Å². The van der Waals surface area contributed by atoms with Gasteiger partial charge in [0, 0.05) is 23.9 Å². The van der Waals surface area contributed by atoms with Crippen molar-refractivity contribution in [2.45, 2.75) is 13.8 Å². The Hall–Kier alpha value is -4.40. The van der Waals surface area contributed by atoms with Gasteiger partial charge < -0.3 is 5.32 Å². The smallest absolute Gasteiger partial charge is 0.282 e. The fraction of sp³-hybridized carbons (Fsp3) is 0.0833. The first kappa shape index (κ1) is 21.8. The van der Waals surface area contributed by atoms with Gasteiger partial charge in [0.15, 0.2) is 11.6 Å².